The van der Waals surface area contributed by atoms with Crippen molar-refractivity contribution in [2.24, 2.45) is 5.92 Å². The molecule has 10 heavy (non-hydrogen) atoms. The topological polar surface area (TPSA) is 17.1 Å². The standard InChI is InChI=1S/C8H11FO/c1-6-2-3-7(5-10)4-8(6)9/h3,5-6,8H,2,4H2,1H3/t6?,8-/m1/s1. The summed E-state index contributed by atoms with van der Waals surface area (Å²) in [5, 5.41) is 0. The van der Waals surface area contributed by atoms with Crippen molar-refractivity contribution in [2.45, 2.75) is 25.9 Å². The van der Waals surface area contributed by atoms with Crippen molar-refractivity contribution in [3.05, 3.63) is 11.6 Å². The van der Waals surface area contributed by atoms with Crippen LogP contribution in [0.1, 0.15) is 19.8 Å². The van der Waals surface area contributed by atoms with Crippen LogP contribution >= 0.6 is 0 Å². The molecule has 1 aliphatic rings. The lowest BCUT2D eigenvalue weighted by Gasteiger charge is -2.19. The predicted molar refractivity (Wildman–Crippen MR) is 37.4 cm³/mol. The van der Waals surface area contributed by atoms with E-state index in [0.29, 0.717) is 18.4 Å². The van der Waals surface area contributed by atoms with Gasteiger partial charge in [0.1, 0.15) is 12.5 Å². The fourth-order valence-corrected chi connectivity index (χ4v) is 1.09. The van der Waals surface area contributed by atoms with Gasteiger partial charge >= 0.3 is 0 Å². The zero-order valence-electron chi connectivity index (χ0n) is 6.01. The molecule has 0 spiro atoms. The highest BCUT2D eigenvalue weighted by molar-refractivity contribution is 5.73. The van der Waals surface area contributed by atoms with Gasteiger partial charge in [-0.05, 0) is 17.9 Å². The maximum Gasteiger partial charge on any atom is 0.145 e. The summed E-state index contributed by atoms with van der Waals surface area (Å²) >= 11 is 0. The van der Waals surface area contributed by atoms with Gasteiger partial charge in [0.15, 0.2) is 0 Å². The molecule has 1 nitrogen and oxygen atoms in total. The minimum atomic E-state index is -0.815. The SMILES string of the molecule is CC1CC=C(C=O)C[C@H]1F. The zero-order valence-corrected chi connectivity index (χ0v) is 6.01. The zero-order chi connectivity index (χ0) is 7.56. The number of carbonyl (C=O) groups is 1. The Labute approximate surface area is 59.9 Å². The van der Waals surface area contributed by atoms with E-state index in [1.54, 1.807) is 0 Å². The van der Waals surface area contributed by atoms with Gasteiger partial charge in [-0.15, -0.1) is 0 Å². The van der Waals surface area contributed by atoms with E-state index in [4.69, 9.17) is 0 Å². The molecule has 2 heteroatoms. The first-order chi connectivity index (χ1) is 4.74. The van der Waals surface area contributed by atoms with Crippen LogP contribution in [0.4, 0.5) is 4.39 Å². The first-order valence-electron chi connectivity index (χ1n) is 3.52. The van der Waals surface area contributed by atoms with Crippen molar-refractivity contribution in [1.82, 2.24) is 0 Å². The third-order valence-electron chi connectivity index (χ3n) is 1.95. The number of rotatable bonds is 1. The van der Waals surface area contributed by atoms with Crippen molar-refractivity contribution in [3.63, 3.8) is 0 Å². The lowest BCUT2D eigenvalue weighted by Crippen LogP contribution is -2.17. The minimum Gasteiger partial charge on any atom is -0.298 e. The summed E-state index contributed by atoms with van der Waals surface area (Å²) in [5.41, 5.74) is 0.616. The fraction of sp³-hybridized carbons (Fsp3) is 0.625. The van der Waals surface area contributed by atoms with Gasteiger partial charge in [-0.2, -0.15) is 0 Å². The monoisotopic (exact) mass is 142 g/mol. The molecule has 0 fully saturated rings. The Kier molecular flexibility index (Phi) is 2.20. The van der Waals surface area contributed by atoms with Crippen molar-refractivity contribution < 1.29 is 9.18 Å². The van der Waals surface area contributed by atoms with Crippen molar-refractivity contribution >= 4 is 6.29 Å². The first-order valence-corrected chi connectivity index (χ1v) is 3.52. The Balaban J connectivity index is 2.60. The molecule has 2 atom stereocenters. The Bertz CT molecular complexity index is 163. The normalized spacial score (nSPS) is 33.2. The van der Waals surface area contributed by atoms with Crippen LogP contribution in [0.3, 0.4) is 0 Å². The third-order valence-corrected chi connectivity index (χ3v) is 1.95. The van der Waals surface area contributed by atoms with E-state index in [-0.39, 0.29) is 5.92 Å². The highest BCUT2D eigenvalue weighted by Gasteiger charge is 2.20. The molecule has 1 unspecified atom stereocenters. The summed E-state index contributed by atoms with van der Waals surface area (Å²) in [5.74, 6) is 0.0868. The van der Waals surface area contributed by atoms with Crippen LogP contribution in [0.25, 0.3) is 0 Å². The van der Waals surface area contributed by atoms with E-state index in [1.807, 2.05) is 13.0 Å². The van der Waals surface area contributed by atoms with Crippen molar-refractivity contribution in [1.29, 1.82) is 0 Å². The summed E-state index contributed by atoms with van der Waals surface area (Å²) in [4.78, 5) is 10.2. The Morgan fingerprint density at radius 3 is 3.00 bits per heavy atom. The largest absolute Gasteiger partial charge is 0.298 e. The van der Waals surface area contributed by atoms with Gasteiger partial charge in [-0.1, -0.05) is 13.0 Å². The maximum atomic E-state index is 12.8. The van der Waals surface area contributed by atoms with E-state index in [1.165, 1.54) is 0 Å². The van der Waals surface area contributed by atoms with E-state index in [2.05, 4.69) is 0 Å². The summed E-state index contributed by atoms with van der Waals surface area (Å²) < 4.78 is 12.8. The molecule has 0 bridgehead atoms. The average Bonchev–Trinajstić information content (AvgIpc) is 1.95. The molecule has 0 saturated heterocycles. The Morgan fingerprint density at radius 2 is 2.50 bits per heavy atom. The Hall–Kier alpha value is -0.660. The van der Waals surface area contributed by atoms with E-state index in [9.17, 15) is 9.18 Å². The molecule has 1 rings (SSSR count). The number of hydrogen-bond donors (Lipinski definition) is 0. The lowest BCUT2D eigenvalue weighted by molar-refractivity contribution is -0.105. The smallest absolute Gasteiger partial charge is 0.145 e. The predicted octanol–water partition coefficient (Wildman–Crippen LogP) is 1.88. The summed E-state index contributed by atoms with van der Waals surface area (Å²) in [7, 11) is 0. The molecule has 0 N–H and O–H groups in total. The van der Waals surface area contributed by atoms with Crippen LogP contribution in [0.2, 0.25) is 0 Å². The van der Waals surface area contributed by atoms with Gasteiger partial charge in [-0.3, -0.25) is 4.79 Å². The van der Waals surface area contributed by atoms with Crippen LogP contribution in [-0.4, -0.2) is 12.5 Å². The molecule has 0 aromatic carbocycles. The number of halogens is 1. The molecule has 1 aliphatic carbocycles. The number of allylic oxidation sites excluding steroid dienone is 2. The lowest BCUT2D eigenvalue weighted by atomic mass is 9.90. The molecular weight excluding hydrogens is 131 g/mol. The number of hydrogen-bond acceptors (Lipinski definition) is 1. The number of carbonyl (C=O) groups excluding carboxylic acids is 1. The Morgan fingerprint density at radius 1 is 1.80 bits per heavy atom. The molecule has 0 heterocycles. The molecule has 0 radical (unpaired) electrons. The van der Waals surface area contributed by atoms with Crippen LogP contribution < -0.4 is 0 Å². The number of aldehydes is 1. The second-order valence-electron chi connectivity index (χ2n) is 2.83. The van der Waals surface area contributed by atoms with Gasteiger partial charge in [0.05, 0.1) is 0 Å². The molecule has 0 amide bonds. The number of alkyl halides is 1. The maximum absolute atomic E-state index is 12.8. The van der Waals surface area contributed by atoms with Gasteiger partial charge in [0.25, 0.3) is 0 Å². The quantitative estimate of drug-likeness (QED) is 0.511. The first kappa shape index (κ1) is 7.45. The summed E-state index contributed by atoms with van der Waals surface area (Å²) in [6.07, 6.45) is 2.77. The van der Waals surface area contributed by atoms with Crippen LogP contribution in [0.5, 0.6) is 0 Å². The average molecular weight is 142 g/mol. The van der Waals surface area contributed by atoms with Gasteiger partial charge in [0, 0.05) is 6.42 Å². The molecular formula is C8H11FO. The fourth-order valence-electron chi connectivity index (χ4n) is 1.09. The van der Waals surface area contributed by atoms with Gasteiger partial charge in [0.2, 0.25) is 0 Å². The summed E-state index contributed by atoms with van der Waals surface area (Å²) in [6.45, 7) is 1.86. The molecule has 0 saturated carbocycles. The second-order valence-corrected chi connectivity index (χ2v) is 2.83. The van der Waals surface area contributed by atoms with Gasteiger partial charge in [-0.25, -0.2) is 4.39 Å². The van der Waals surface area contributed by atoms with Gasteiger partial charge < -0.3 is 0 Å². The van der Waals surface area contributed by atoms with Crippen LogP contribution in [-0.2, 0) is 4.79 Å². The highest BCUT2D eigenvalue weighted by Crippen LogP contribution is 2.24. The molecule has 0 aliphatic heterocycles. The molecule has 0 aromatic heterocycles. The highest BCUT2D eigenvalue weighted by atomic mass is 19.1. The van der Waals surface area contributed by atoms with Crippen molar-refractivity contribution in [2.75, 3.05) is 0 Å². The van der Waals surface area contributed by atoms with Crippen LogP contribution in [0.15, 0.2) is 11.6 Å². The third kappa shape index (κ3) is 1.43. The van der Waals surface area contributed by atoms with E-state index < -0.39 is 6.17 Å². The van der Waals surface area contributed by atoms with E-state index >= 15 is 0 Å². The van der Waals surface area contributed by atoms with E-state index in [0.717, 1.165) is 6.29 Å². The summed E-state index contributed by atoms with van der Waals surface area (Å²) in [6, 6.07) is 0. The van der Waals surface area contributed by atoms with Crippen molar-refractivity contribution in [3.8, 4) is 0 Å². The van der Waals surface area contributed by atoms with Crippen LogP contribution in [0, 0.1) is 5.92 Å². The molecule has 56 valence electrons. The second kappa shape index (κ2) is 2.95. The molecule has 0 aromatic rings. The minimum absolute atomic E-state index is 0.0868.